The van der Waals surface area contributed by atoms with Gasteiger partial charge < -0.3 is 10.1 Å². The topological polar surface area (TPSA) is 87.7 Å². The molecule has 1 saturated carbocycles. The van der Waals surface area contributed by atoms with E-state index in [4.69, 9.17) is 4.74 Å². The average Bonchev–Trinajstić information content (AvgIpc) is 2.84. The predicted molar refractivity (Wildman–Crippen MR) is 131 cm³/mol. The van der Waals surface area contributed by atoms with Crippen molar-refractivity contribution in [2.45, 2.75) is 50.5 Å². The van der Waals surface area contributed by atoms with Gasteiger partial charge in [0.05, 0.1) is 12.7 Å². The summed E-state index contributed by atoms with van der Waals surface area (Å²) in [6.45, 7) is 2.92. The molecule has 1 amide bonds. The van der Waals surface area contributed by atoms with Gasteiger partial charge in [-0.3, -0.25) is 4.79 Å². The Morgan fingerprint density at radius 1 is 1.09 bits per heavy atom. The molecular weight excluding hydrogens is 438 g/mol. The molecule has 2 aromatic rings. The summed E-state index contributed by atoms with van der Waals surface area (Å²) >= 11 is 0. The molecular formula is C25H35N3O4S. The Morgan fingerprint density at radius 2 is 1.73 bits per heavy atom. The molecule has 180 valence electrons. The summed E-state index contributed by atoms with van der Waals surface area (Å²) in [6, 6.07) is 17.2. The number of rotatable bonds is 10. The van der Waals surface area contributed by atoms with Crippen LogP contribution in [-0.2, 0) is 15.6 Å². The number of ether oxygens (including phenoxy) is 1. The first kappa shape index (κ1) is 25.2. The first-order valence-electron chi connectivity index (χ1n) is 11.5. The highest BCUT2D eigenvalue weighted by molar-refractivity contribution is 7.87. The van der Waals surface area contributed by atoms with Crippen LogP contribution in [-0.4, -0.2) is 51.9 Å². The highest BCUT2D eigenvalue weighted by Crippen LogP contribution is 2.39. The molecule has 7 nitrogen and oxygen atoms in total. The molecule has 2 aromatic carbocycles. The van der Waals surface area contributed by atoms with Gasteiger partial charge in [0.15, 0.2) is 0 Å². The maximum atomic E-state index is 12.9. The summed E-state index contributed by atoms with van der Waals surface area (Å²) in [7, 11) is -0.333. The second kappa shape index (κ2) is 11.1. The number of para-hydroxylation sites is 1. The lowest BCUT2D eigenvalue weighted by atomic mass is 9.68. The Labute approximate surface area is 197 Å². The Balaban J connectivity index is 1.73. The van der Waals surface area contributed by atoms with Crippen LogP contribution in [0.3, 0.4) is 0 Å². The lowest BCUT2D eigenvalue weighted by Gasteiger charge is -2.41. The monoisotopic (exact) mass is 473 g/mol. The van der Waals surface area contributed by atoms with Crippen molar-refractivity contribution in [2.75, 3.05) is 27.2 Å². The number of hydrogen-bond acceptors (Lipinski definition) is 4. The molecule has 1 aliphatic rings. The van der Waals surface area contributed by atoms with E-state index in [2.05, 4.69) is 22.2 Å². The number of methoxy groups -OCH3 is 1. The van der Waals surface area contributed by atoms with E-state index in [0.29, 0.717) is 37.2 Å². The van der Waals surface area contributed by atoms with E-state index in [-0.39, 0.29) is 17.4 Å². The highest BCUT2D eigenvalue weighted by atomic mass is 32.2. The molecule has 2 N–H and O–H groups in total. The van der Waals surface area contributed by atoms with Crippen molar-refractivity contribution in [3.8, 4) is 5.75 Å². The molecule has 33 heavy (non-hydrogen) atoms. The first-order chi connectivity index (χ1) is 15.8. The molecule has 0 saturated heterocycles. The van der Waals surface area contributed by atoms with Crippen molar-refractivity contribution in [3.05, 3.63) is 65.7 Å². The molecule has 1 fully saturated rings. The van der Waals surface area contributed by atoms with E-state index >= 15 is 0 Å². The van der Waals surface area contributed by atoms with Crippen molar-refractivity contribution in [1.82, 2.24) is 14.3 Å². The fraction of sp³-hybridized carbons (Fsp3) is 0.480. The third-order valence-electron chi connectivity index (χ3n) is 6.53. The quantitative estimate of drug-likeness (QED) is 0.553. The van der Waals surface area contributed by atoms with E-state index in [9.17, 15) is 13.2 Å². The second-order valence-corrected chi connectivity index (χ2v) is 10.6. The molecule has 0 aliphatic heterocycles. The standard InChI is InChI=1S/C25H35N3O4S/c1-4-18-28(2)33(30,31)27-21-14-16-25(17-15-21,20-10-6-5-7-11-20)19-26-24(29)22-12-8-9-13-23(22)32-3/h5-13,21,27H,4,14-19H2,1-3H3,(H,26,29)/t21-,25-. The highest BCUT2D eigenvalue weighted by Gasteiger charge is 2.38. The summed E-state index contributed by atoms with van der Waals surface area (Å²) in [5.41, 5.74) is 1.41. The number of amides is 1. The van der Waals surface area contributed by atoms with Gasteiger partial charge in [-0.05, 0) is 49.8 Å². The zero-order valence-electron chi connectivity index (χ0n) is 19.7. The Bertz CT molecular complexity index is 1020. The van der Waals surface area contributed by atoms with Crippen LogP contribution >= 0.6 is 0 Å². The minimum atomic E-state index is -3.49. The molecule has 0 aromatic heterocycles. The molecule has 8 heteroatoms. The summed E-state index contributed by atoms with van der Waals surface area (Å²) in [6.07, 6.45) is 3.73. The largest absolute Gasteiger partial charge is 0.496 e. The van der Waals surface area contributed by atoms with E-state index in [0.717, 1.165) is 24.8 Å². The van der Waals surface area contributed by atoms with E-state index in [1.807, 2.05) is 37.3 Å². The number of nitrogens with one attached hydrogen (secondary N) is 2. The van der Waals surface area contributed by atoms with Gasteiger partial charge >= 0.3 is 0 Å². The fourth-order valence-electron chi connectivity index (χ4n) is 4.56. The number of carbonyl (C=O) groups excluding carboxylic acids is 1. The fourth-order valence-corrected chi connectivity index (χ4v) is 5.82. The number of benzene rings is 2. The van der Waals surface area contributed by atoms with Gasteiger partial charge in [-0.15, -0.1) is 0 Å². The molecule has 0 radical (unpaired) electrons. The van der Waals surface area contributed by atoms with Crippen molar-refractivity contribution in [1.29, 1.82) is 0 Å². The van der Waals surface area contributed by atoms with Gasteiger partial charge in [0.25, 0.3) is 16.1 Å². The van der Waals surface area contributed by atoms with Crippen molar-refractivity contribution in [2.24, 2.45) is 0 Å². The van der Waals surface area contributed by atoms with Crippen molar-refractivity contribution < 1.29 is 17.9 Å². The van der Waals surface area contributed by atoms with Crippen LogP contribution in [0.25, 0.3) is 0 Å². The predicted octanol–water partition coefficient (Wildman–Crippen LogP) is 3.48. The second-order valence-electron chi connectivity index (χ2n) is 8.75. The van der Waals surface area contributed by atoms with Crippen molar-refractivity contribution in [3.63, 3.8) is 0 Å². The smallest absolute Gasteiger partial charge is 0.279 e. The molecule has 0 atom stereocenters. The molecule has 0 spiro atoms. The number of nitrogens with zero attached hydrogens (tertiary/aromatic N) is 1. The van der Waals surface area contributed by atoms with Gasteiger partial charge in [-0.25, -0.2) is 0 Å². The summed E-state index contributed by atoms with van der Waals surface area (Å²) in [4.78, 5) is 12.9. The SMILES string of the molecule is CCCN(C)S(=O)(=O)N[C@H]1CC[C@](CNC(=O)c2ccccc2OC)(c2ccccc2)CC1. The molecule has 0 bridgehead atoms. The Kier molecular flexibility index (Phi) is 8.51. The summed E-state index contributed by atoms with van der Waals surface area (Å²) in [5, 5.41) is 3.11. The summed E-state index contributed by atoms with van der Waals surface area (Å²) in [5.74, 6) is 0.366. The van der Waals surface area contributed by atoms with Crippen LogP contribution in [0.5, 0.6) is 5.75 Å². The van der Waals surface area contributed by atoms with Crippen molar-refractivity contribution >= 4 is 16.1 Å². The minimum Gasteiger partial charge on any atom is -0.496 e. The summed E-state index contributed by atoms with van der Waals surface area (Å²) < 4.78 is 34.8. The van der Waals surface area contributed by atoms with Crippen LogP contribution in [0.4, 0.5) is 0 Å². The Morgan fingerprint density at radius 3 is 2.36 bits per heavy atom. The zero-order chi connectivity index (χ0) is 23.9. The minimum absolute atomic E-state index is 0.115. The average molecular weight is 474 g/mol. The van der Waals surface area contributed by atoms with E-state index < -0.39 is 10.2 Å². The maximum absolute atomic E-state index is 12.9. The number of carbonyl (C=O) groups is 1. The lowest BCUT2D eigenvalue weighted by molar-refractivity contribution is 0.0932. The van der Waals surface area contributed by atoms with Gasteiger partial charge in [0, 0.05) is 31.6 Å². The Hall–Kier alpha value is -2.42. The van der Waals surface area contributed by atoms with Crippen LogP contribution in [0, 0.1) is 0 Å². The van der Waals surface area contributed by atoms with Crippen LogP contribution in [0.1, 0.15) is 54.9 Å². The van der Waals surface area contributed by atoms with E-state index in [1.165, 1.54) is 4.31 Å². The van der Waals surface area contributed by atoms with Gasteiger partial charge in [-0.2, -0.15) is 17.4 Å². The van der Waals surface area contributed by atoms with Crippen LogP contribution in [0.15, 0.2) is 54.6 Å². The lowest BCUT2D eigenvalue weighted by Crippen LogP contribution is -2.49. The molecule has 1 aliphatic carbocycles. The maximum Gasteiger partial charge on any atom is 0.279 e. The van der Waals surface area contributed by atoms with Gasteiger partial charge in [0.2, 0.25) is 0 Å². The van der Waals surface area contributed by atoms with Crippen LogP contribution < -0.4 is 14.8 Å². The number of hydrogen-bond donors (Lipinski definition) is 2. The van der Waals surface area contributed by atoms with Gasteiger partial charge in [-0.1, -0.05) is 49.4 Å². The van der Waals surface area contributed by atoms with E-state index in [1.54, 1.807) is 26.3 Å². The van der Waals surface area contributed by atoms with Gasteiger partial charge in [0.1, 0.15) is 5.75 Å². The van der Waals surface area contributed by atoms with Crippen LogP contribution in [0.2, 0.25) is 0 Å². The molecule has 3 rings (SSSR count). The first-order valence-corrected chi connectivity index (χ1v) is 13.0. The third-order valence-corrected chi connectivity index (χ3v) is 8.17. The normalized spacial score (nSPS) is 21.0. The molecule has 0 unspecified atom stereocenters. The zero-order valence-corrected chi connectivity index (χ0v) is 20.5. The molecule has 0 heterocycles. The third kappa shape index (κ3) is 6.13.